The molecule has 3 N–H and O–H groups in total. The maximum Gasteiger partial charge on any atom is 0.270 e. The van der Waals surface area contributed by atoms with Gasteiger partial charge in [0.15, 0.2) is 0 Å². The summed E-state index contributed by atoms with van der Waals surface area (Å²) in [5, 5.41) is 0.687. The number of carbonyl (C=O) groups is 2. The number of carbonyl (C=O) groups excluding carboxylic acids is 2. The van der Waals surface area contributed by atoms with E-state index in [1.54, 1.807) is 0 Å². The van der Waals surface area contributed by atoms with Gasteiger partial charge < -0.3 is 15.6 Å². The molecule has 4 saturated carbocycles. The van der Waals surface area contributed by atoms with Gasteiger partial charge in [0, 0.05) is 29.2 Å². The van der Waals surface area contributed by atoms with Crippen molar-refractivity contribution in [1.29, 1.82) is 0 Å². The number of benzene rings is 1. The number of H-pyrrole nitrogens is 1. The number of rotatable bonds is 4. The monoisotopic (exact) mass is 411 g/mol. The van der Waals surface area contributed by atoms with E-state index in [0.29, 0.717) is 28.5 Å². The largest absolute Gasteiger partial charge is 0.369 e. The van der Waals surface area contributed by atoms with Crippen LogP contribution in [0.3, 0.4) is 0 Å². The minimum atomic E-state index is -0.328. The molecule has 4 fully saturated rings. The molecular weight excluding hydrogens is 386 g/mol. The van der Waals surface area contributed by atoms with Crippen LogP contribution >= 0.6 is 11.6 Å². The van der Waals surface area contributed by atoms with Crippen molar-refractivity contribution in [1.82, 2.24) is 9.88 Å². The third kappa shape index (κ3) is 2.98. The van der Waals surface area contributed by atoms with Gasteiger partial charge in [0.2, 0.25) is 5.91 Å². The Balaban J connectivity index is 1.36. The second-order valence-corrected chi connectivity index (χ2v) is 9.75. The minimum Gasteiger partial charge on any atom is -0.369 e. The molecule has 6 rings (SSSR count). The zero-order valence-corrected chi connectivity index (χ0v) is 17.3. The van der Waals surface area contributed by atoms with Gasteiger partial charge in [-0.1, -0.05) is 23.7 Å². The van der Waals surface area contributed by atoms with Crippen molar-refractivity contribution >= 4 is 23.4 Å². The lowest BCUT2D eigenvalue weighted by atomic mass is 9.47. The highest BCUT2D eigenvalue weighted by atomic mass is 35.5. The second-order valence-electron chi connectivity index (χ2n) is 9.31. The third-order valence-electron chi connectivity index (χ3n) is 7.59. The first kappa shape index (κ1) is 18.7. The quantitative estimate of drug-likeness (QED) is 0.794. The number of halogens is 1. The molecule has 4 aliphatic carbocycles. The first-order chi connectivity index (χ1) is 13.9. The highest BCUT2D eigenvalue weighted by molar-refractivity contribution is 6.30. The van der Waals surface area contributed by atoms with Crippen molar-refractivity contribution in [3.63, 3.8) is 0 Å². The van der Waals surface area contributed by atoms with Crippen LogP contribution in [0.5, 0.6) is 0 Å². The molecule has 2 unspecified atom stereocenters. The summed E-state index contributed by atoms with van der Waals surface area (Å²) < 4.78 is 0. The van der Waals surface area contributed by atoms with E-state index in [0.717, 1.165) is 43.4 Å². The Morgan fingerprint density at radius 1 is 1.07 bits per heavy atom. The predicted octanol–water partition coefficient (Wildman–Crippen LogP) is 4.09. The second kappa shape index (κ2) is 6.63. The van der Waals surface area contributed by atoms with Crippen molar-refractivity contribution in [3.8, 4) is 11.3 Å². The smallest absolute Gasteiger partial charge is 0.270 e. The summed E-state index contributed by atoms with van der Waals surface area (Å²) in [5.74, 6) is 1.20. The maximum absolute atomic E-state index is 13.3. The van der Waals surface area contributed by atoms with Gasteiger partial charge >= 0.3 is 0 Å². The molecular formula is C23H26ClN3O2. The molecule has 1 aromatic carbocycles. The summed E-state index contributed by atoms with van der Waals surface area (Å²) in [6, 6.07) is 11.5. The van der Waals surface area contributed by atoms with Crippen LogP contribution in [0.4, 0.5) is 0 Å². The lowest BCUT2D eigenvalue weighted by Crippen LogP contribution is -2.62. The molecule has 4 aliphatic rings. The average Bonchev–Trinajstić information content (AvgIpc) is 3.17. The van der Waals surface area contributed by atoms with Crippen LogP contribution in [0.2, 0.25) is 5.02 Å². The Kier molecular flexibility index (Phi) is 4.28. The van der Waals surface area contributed by atoms with E-state index in [1.807, 2.05) is 48.3 Å². The zero-order chi connectivity index (χ0) is 20.3. The van der Waals surface area contributed by atoms with E-state index < -0.39 is 0 Å². The fraction of sp³-hybridized carbons (Fsp3) is 0.478. The van der Waals surface area contributed by atoms with Crippen molar-refractivity contribution in [2.75, 3.05) is 7.05 Å². The number of nitrogens with one attached hydrogen (secondary N) is 1. The van der Waals surface area contributed by atoms with E-state index >= 15 is 0 Å². The van der Waals surface area contributed by atoms with Crippen LogP contribution in [0.25, 0.3) is 11.3 Å². The molecule has 2 amide bonds. The fourth-order valence-corrected chi connectivity index (χ4v) is 6.70. The van der Waals surface area contributed by atoms with Gasteiger partial charge in [-0.3, -0.25) is 9.59 Å². The molecule has 4 bridgehead atoms. The van der Waals surface area contributed by atoms with Crippen molar-refractivity contribution in [3.05, 3.63) is 47.1 Å². The maximum atomic E-state index is 13.3. The van der Waals surface area contributed by atoms with Crippen LogP contribution in [0.1, 0.15) is 42.6 Å². The topological polar surface area (TPSA) is 79.2 Å². The van der Waals surface area contributed by atoms with Crippen LogP contribution < -0.4 is 5.73 Å². The van der Waals surface area contributed by atoms with E-state index in [1.165, 1.54) is 0 Å². The number of hydrogen-bond acceptors (Lipinski definition) is 2. The van der Waals surface area contributed by atoms with Crippen molar-refractivity contribution < 1.29 is 9.59 Å². The Labute approximate surface area is 175 Å². The predicted molar refractivity (Wildman–Crippen MR) is 112 cm³/mol. The molecule has 5 nitrogen and oxygen atoms in total. The van der Waals surface area contributed by atoms with E-state index in [-0.39, 0.29) is 23.3 Å². The minimum absolute atomic E-state index is 0.0100. The van der Waals surface area contributed by atoms with E-state index in [4.69, 9.17) is 17.3 Å². The molecule has 1 aromatic heterocycles. The Morgan fingerprint density at radius 2 is 1.72 bits per heavy atom. The highest BCUT2D eigenvalue weighted by Crippen LogP contribution is 2.60. The number of aromatic nitrogens is 1. The van der Waals surface area contributed by atoms with Gasteiger partial charge in [-0.05, 0) is 79.7 Å². The number of aromatic amines is 1. The van der Waals surface area contributed by atoms with Gasteiger partial charge in [-0.2, -0.15) is 0 Å². The number of primary amides is 1. The first-order valence-corrected chi connectivity index (χ1v) is 10.8. The molecule has 0 radical (unpaired) electrons. The molecule has 6 heteroatoms. The Morgan fingerprint density at radius 3 is 2.34 bits per heavy atom. The van der Waals surface area contributed by atoms with Gasteiger partial charge in [0.1, 0.15) is 5.69 Å². The van der Waals surface area contributed by atoms with Crippen LogP contribution in [0.15, 0.2) is 36.4 Å². The first-order valence-electron chi connectivity index (χ1n) is 10.4. The zero-order valence-electron chi connectivity index (χ0n) is 16.5. The summed E-state index contributed by atoms with van der Waals surface area (Å²) in [6.07, 6.45) is 4.82. The normalized spacial score (nSPS) is 32.3. The fourth-order valence-electron chi connectivity index (χ4n) is 6.57. The molecule has 1 heterocycles. The van der Waals surface area contributed by atoms with Gasteiger partial charge in [0.25, 0.3) is 5.91 Å². The Bertz CT molecular complexity index is 951. The molecule has 0 spiro atoms. The SMILES string of the molecule is CN(C(=O)c1ccc(-c2ccc(Cl)cc2)[nH]1)C1C2CC3CC1CC(C(N)=O)(C3)C2. The van der Waals surface area contributed by atoms with Crippen LogP contribution in [-0.2, 0) is 4.79 Å². The third-order valence-corrected chi connectivity index (χ3v) is 7.84. The lowest BCUT2D eigenvalue weighted by molar-refractivity contribution is -0.149. The lowest BCUT2D eigenvalue weighted by Gasteiger charge is -2.60. The molecule has 0 saturated heterocycles. The number of nitrogens with zero attached hydrogens (tertiary/aromatic N) is 1. The van der Waals surface area contributed by atoms with Crippen molar-refractivity contribution in [2.24, 2.45) is 28.9 Å². The van der Waals surface area contributed by atoms with Gasteiger partial charge in [-0.15, -0.1) is 0 Å². The van der Waals surface area contributed by atoms with Crippen LogP contribution in [-0.4, -0.2) is 34.8 Å². The molecule has 2 atom stereocenters. The average molecular weight is 412 g/mol. The Hall–Kier alpha value is -2.27. The van der Waals surface area contributed by atoms with Crippen molar-refractivity contribution in [2.45, 2.75) is 38.1 Å². The molecule has 29 heavy (non-hydrogen) atoms. The summed E-state index contributed by atoms with van der Waals surface area (Å²) in [5.41, 5.74) is 7.96. The van der Waals surface area contributed by atoms with Gasteiger partial charge in [-0.25, -0.2) is 0 Å². The van der Waals surface area contributed by atoms with E-state index in [9.17, 15) is 9.59 Å². The molecule has 152 valence electrons. The summed E-state index contributed by atoms with van der Waals surface area (Å²) in [7, 11) is 1.91. The summed E-state index contributed by atoms with van der Waals surface area (Å²) in [6.45, 7) is 0. The summed E-state index contributed by atoms with van der Waals surface area (Å²) >= 11 is 5.97. The standard InChI is InChI=1S/C23H26ClN3O2/c1-27(20-15-8-13-9-16(20)12-23(10-13,11-15)22(25)29)21(28)19-7-6-18(26-19)14-2-4-17(24)5-3-14/h2-7,13,15-16,20,26H,8-12H2,1H3,(H2,25,29). The van der Waals surface area contributed by atoms with Crippen LogP contribution in [0, 0.1) is 23.2 Å². The number of amides is 2. The molecule has 0 aliphatic heterocycles. The number of hydrogen-bond donors (Lipinski definition) is 2. The van der Waals surface area contributed by atoms with Gasteiger partial charge in [0.05, 0.1) is 0 Å². The molecule has 2 aromatic rings. The summed E-state index contributed by atoms with van der Waals surface area (Å²) in [4.78, 5) is 30.6. The number of nitrogens with two attached hydrogens (primary N) is 1. The van der Waals surface area contributed by atoms with E-state index in [2.05, 4.69) is 4.98 Å². The highest BCUT2D eigenvalue weighted by Gasteiger charge is 2.59.